The van der Waals surface area contributed by atoms with Crippen molar-refractivity contribution in [2.24, 2.45) is 0 Å². The van der Waals surface area contributed by atoms with Crippen LogP contribution in [0.3, 0.4) is 0 Å². The Labute approximate surface area is 187 Å². The van der Waals surface area contributed by atoms with E-state index in [4.69, 9.17) is 11.6 Å². The average Bonchev–Trinajstić information content (AvgIpc) is 3.03. The Kier molecular flexibility index (Phi) is 7.49. The summed E-state index contributed by atoms with van der Waals surface area (Å²) < 4.78 is 16.2. The zero-order valence-corrected chi connectivity index (χ0v) is 19.0. The standard InChI is InChI=1S/C23H28ClFN4O2/c1-4-5-10-29-23(24)19(16(2)26-29)7-9-22(31)28-13-11-27(12-14-28)21-8-6-18(17(3)30)15-20(21)25/h6-9,15H,4-5,10-14H2,1-3H3/b9-7+. The molecule has 2 heterocycles. The van der Waals surface area contributed by atoms with Gasteiger partial charge in [-0.1, -0.05) is 24.9 Å². The number of unbranched alkanes of at least 4 members (excludes halogenated alkanes) is 1. The van der Waals surface area contributed by atoms with Gasteiger partial charge in [0, 0.05) is 49.9 Å². The predicted octanol–water partition coefficient (Wildman–Crippen LogP) is 4.35. The van der Waals surface area contributed by atoms with Crippen molar-refractivity contribution in [2.45, 2.75) is 40.2 Å². The maximum absolute atomic E-state index is 14.4. The number of aryl methyl sites for hydroxylation is 2. The molecule has 0 N–H and O–H groups in total. The van der Waals surface area contributed by atoms with Crippen LogP contribution >= 0.6 is 11.6 Å². The number of amides is 1. The number of hydrogen-bond acceptors (Lipinski definition) is 4. The summed E-state index contributed by atoms with van der Waals surface area (Å²) in [6, 6.07) is 4.53. The lowest BCUT2D eigenvalue weighted by atomic mass is 10.1. The van der Waals surface area contributed by atoms with E-state index in [-0.39, 0.29) is 11.7 Å². The summed E-state index contributed by atoms with van der Waals surface area (Å²) in [7, 11) is 0. The molecule has 1 aromatic heterocycles. The van der Waals surface area contributed by atoms with Crippen molar-refractivity contribution in [2.75, 3.05) is 31.1 Å². The first-order valence-corrected chi connectivity index (χ1v) is 10.9. The van der Waals surface area contributed by atoms with Crippen LogP contribution in [0, 0.1) is 12.7 Å². The average molecular weight is 447 g/mol. The van der Waals surface area contributed by atoms with Crippen LogP contribution in [0.25, 0.3) is 6.08 Å². The predicted molar refractivity (Wildman–Crippen MR) is 121 cm³/mol. The molecule has 166 valence electrons. The topological polar surface area (TPSA) is 58.4 Å². The highest BCUT2D eigenvalue weighted by Crippen LogP contribution is 2.24. The van der Waals surface area contributed by atoms with Gasteiger partial charge in [-0.15, -0.1) is 0 Å². The molecule has 2 aromatic rings. The fourth-order valence-corrected chi connectivity index (χ4v) is 3.94. The molecule has 1 aliphatic heterocycles. The maximum Gasteiger partial charge on any atom is 0.246 e. The zero-order valence-electron chi connectivity index (χ0n) is 18.2. The van der Waals surface area contributed by atoms with Crippen LogP contribution in [0.15, 0.2) is 24.3 Å². The van der Waals surface area contributed by atoms with Crippen LogP contribution in [-0.2, 0) is 11.3 Å². The largest absolute Gasteiger partial charge is 0.366 e. The third kappa shape index (κ3) is 5.34. The van der Waals surface area contributed by atoms with Gasteiger partial charge in [-0.2, -0.15) is 5.10 Å². The summed E-state index contributed by atoms with van der Waals surface area (Å²) in [4.78, 5) is 27.7. The number of benzene rings is 1. The van der Waals surface area contributed by atoms with Crippen LogP contribution in [0.5, 0.6) is 0 Å². The molecule has 0 atom stereocenters. The molecule has 1 aromatic carbocycles. The Morgan fingerprint density at radius 1 is 1.23 bits per heavy atom. The number of piperazine rings is 1. The van der Waals surface area contributed by atoms with Crippen LogP contribution in [0.2, 0.25) is 5.15 Å². The Balaban J connectivity index is 1.61. The van der Waals surface area contributed by atoms with Gasteiger partial charge < -0.3 is 9.80 Å². The van der Waals surface area contributed by atoms with Crippen LogP contribution in [-0.4, -0.2) is 52.5 Å². The first-order chi connectivity index (χ1) is 14.8. The molecule has 0 spiro atoms. The Morgan fingerprint density at radius 2 is 1.94 bits per heavy atom. The Morgan fingerprint density at radius 3 is 2.55 bits per heavy atom. The van der Waals surface area contributed by atoms with Gasteiger partial charge in [0.1, 0.15) is 11.0 Å². The highest BCUT2D eigenvalue weighted by molar-refractivity contribution is 6.31. The molecule has 6 nitrogen and oxygen atoms in total. The lowest BCUT2D eigenvalue weighted by molar-refractivity contribution is -0.126. The minimum absolute atomic E-state index is 0.108. The zero-order chi connectivity index (χ0) is 22.5. The van der Waals surface area contributed by atoms with Gasteiger partial charge in [0.15, 0.2) is 5.78 Å². The lowest BCUT2D eigenvalue weighted by Crippen LogP contribution is -2.48. The van der Waals surface area contributed by atoms with Gasteiger partial charge in [-0.05, 0) is 44.5 Å². The highest BCUT2D eigenvalue weighted by Gasteiger charge is 2.22. The second-order valence-electron chi connectivity index (χ2n) is 7.73. The molecule has 31 heavy (non-hydrogen) atoms. The molecule has 1 aliphatic rings. The summed E-state index contributed by atoms with van der Waals surface area (Å²) >= 11 is 6.43. The number of anilines is 1. The number of halogens is 2. The van der Waals surface area contributed by atoms with Crippen molar-refractivity contribution in [3.63, 3.8) is 0 Å². The normalized spacial score (nSPS) is 14.5. The summed E-state index contributed by atoms with van der Waals surface area (Å²) in [5.41, 5.74) is 2.36. The van der Waals surface area contributed by atoms with Crippen LogP contribution < -0.4 is 4.90 Å². The number of rotatable bonds is 7. The molecular formula is C23H28ClFN4O2. The second kappa shape index (κ2) is 10.1. The SMILES string of the molecule is CCCCn1nc(C)c(/C=C/C(=O)N2CCN(c3ccc(C(C)=O)cc3F)CC2)c1Cl. The number of ketones is 1. The third-order valence-corrected chi connectivity index (χ3v) is 5.91. The Hall–Kier alpha value is -2.67. The van der Waals surface area contributed by atoms with E-state index < -0.39 is 5.82 Å². The monoisotopic (exact) mass is 446 g/mol. The summed E-state index contributed by atoms with van der Waals surface area (Å²) in [6.45, 7) is 8.16. The van der Waals surface area contributed by atoms with Crippen molar-refractivity contribution in [3.05, 3.63) is 52.1 Å². The minimum Gasteiger partial charge on any atom is -0.366 e. The van der Waals surface area contributed by atoms with Crippen molar-refractivity contribution in [3.8, 4) is 0 Å². The second-order valence-corrected chi connectivity index (χ2v) is 8.09. The molecule has 0 bridgehead atoms. The molecule has 0 radical (unpaired) electrons. The van der Waals surface area contributed by atoms with E-state index in [1.54, 1.807) is 27.8 Å². The fourth-order valence-electron chi connectivity index (χ4n) is 3.62. The van der Waals surface area contributed by atoms with Gasteiger partial charge >= 0.3 is 0 Å². The number of nitrogens with zero attached hydrogens (tertiary/aromatic N) is 4. The van der Waals surface area contributed by atoms with E-state index in [1.165, 1.54) is 19.1 Å². The number of carbonyl (C=O) groups is 2. The number of carbonyl (C=O) groups excluding carboxylic acids is 2. The smallest absolute Gasteiger partial charge is 0.246 e. The van der Waals surface area contributed by atoms with E-state index >= 15 is 0 Å². The van der Waals surface area contributed by atoms with E-state index in [9.17, 15) is 14.0 Å². The van der Waals surface area contributed by atoms with Crippen molar-refractivity contribution in [1.29, 1.82) is 0 Å². The first kappa shape index (κ1) is 23.0. The van der Waals surface area contributed by atoms with Crippen molar-refractivity contribution >= 4 is 35.1 Å². The van der Waals surface area contributed by atoms with E-state index in [0.29, 0.717) is 42.6 Å². The van der Waals surface area contributed by atoms with Crippen molar-refractivity contribution in [1.82, 2.24) is 14.7 Å². The van der Waals surface area contributed by atoms with E-state index in [1.807, 2.05) is 11.8 Å². The fraction of sp³-hybridized carbons (Fsp3) is 0.435. The van der Waals surface area contributed by atoms with Crippen LogP contribution in [0.4, 0.5) is 10.1 Å². The molecule has 3 rings (SSSR count). The summed E-state index contributed by atoms with van der Waals surface area (Å²) in [5.74, 6) is -0.694. The Bertz CT molecular complexity index is 994. The molecule has 8 heteroatoms. The van der Waals surface area contributed by atoms with Gasteiger partial charge in [0.25, 0.3) is 0 Å². The van der Waals surface area contributed by atoms with Gasteiger partial charge in [0.2, 0.25) is 5.91 Å². The number of Topliss-reactive ketones (excluding diaryl/α,β-unsaturated/α-hetero) is 1. The molecule has 1 fully saturated rings. The van der Waals surface area contributed by atoms with E-state index in [2.05, 4.69) is 12.0 Å². The molecule has 1 saturated heterocycles. The first-order valence-electron chi connectivity index (χ1n) is 10.6. The van der Waals surface area contributed by atoms with Gasteiger partial charge in [0.05, 0.1) is 11.4 Å². The van der Waals surface area contributed by atoms with Gasteiger partial charge in [-0.25, -0.2) is 4.39 Å². The molecule has 0 saturated carbocycles. The number of aromatic nitrogens is 2. The van der Waals surface area contributed by atoms with Gasteiger partial charge in [-0.3, -0.25) is 14.3 Å². The van der Waals surface area contributed by atoms with Crippen LogP contribution in [0.1, 0.15) is 48.3 Å². The highest BCUT2D eigenvalue weighted by atomic mass is 35.5. The summed E-state index contributed by atoms with van der Waals surface area (Å²) in [5, 5.41) is 5.00. The van der Waals surface area contributed by atoms with Crippen molar-refractivity contribution < 1.29 is 14.0 Å². The van der Waals surface area contributed by atoms with E-state index in [0.717, 1.165) is 30.6 Å². The lowest BCUT2D eigenvalue weighted by Gasteiger charge is -2.35. The molecule has 0 unspecified atom stereocenters. The molecule has 1 amide bonds. The minimum atomic E-state index is -0.419. The number of hydrogen-bond donors (Lipinski definition) is 0. The summed E-state index contributed by atoms with van der Waals surface area (Å²) in [6.07, 6.45) is 5.29. The third-order valence-electron chi connectivity index (χ3n) is 5.51. The molecular weight excluding hydrogens is 419 g/mol. The molecule has 0 aliphatic carbocycles. The quantitative estimate of drug-likeness (QED) is 0.468. The maximum atomic E-state index is 14.4.